The summed E-state index contributed by atoms with van der Waals surface area (Å²) in [6, 6.07) is 13.5. The van der Waals surface area contributed by atoms with Gasteiger partial charge in [0.25, 0.3) is 0 Å². The summed E-state index contributed by atoms with van der Waals surface area (Å²) in [6.07, 6.45) is 4.88. The van der Waals surface area contributed by atoms with Gasteiger partial charge in [-0.1, -0.05) is 47.3 Å². The SMILES string of the molecule is O=c1[nH]nc(SCCCc2nc(-c3ccncc3)no2)n1Cc1ccccc1. The molecule has 1 aromatic carbocycles. The minimum Gasteiger partial charge on any atom is -0.339 e. The summed E-state index contributed by atoms with van der Waals surface area (Å²) in [7, 11) is 0. The zero-order valence-corrected chi connectivity index (χ0v) is 15.8. The van der Waals surface area contributed by atoms with Crippen LogP contribution in [-0.4, -0.2) is 35.6 Å². The Morgan fingerprint density at radius 2 is 1.93 bits per heavy atom. The second kappa shape index (κ2) is 8.66. The molecule has 0 saturated carbocycles. The lowest BCUT2D eigenvalue weighted by atomic mass is 10.2. The Morgan fingerprint density at radius 3 is 2.75 bits per heavy atom. The fourth-order valence-corrected chi connectivity index (χ4v) is 3.57. The van der Waals surface area contributed by atoms with Crippen LogP contribution in [0.1, 0.15) is 17.9 Å². The van der Waals surface area contributed by atoms with Crippen molar-refractivity contribution in [2.45, 2.75) is 24.5 Å². The molecule has 0 fully saturated rings. The lowest BCUT2D eigenvalue weighted by molar-refractivity contribution is 0.378. The molecule has 0 unspecified atom stereocenters. The summed E-state index contributed by atoms with van der Waals surface area (Å²) in [4.78, 5) is 20.4. The maximum absolute atomic E-state index is 12.0. The molecule has 28 heavy (non-hydrogen) atoms. The van der Waals surface area contributed by atoms with Gasteiger partial charge < -0.3 is 4.52 Å². The second-order valence-corrected chi connectivity index (χ2v) is 7.14. The molecule has 0 spiro atoms. The highest BCUT2D eigenvalue weighted by atomic mass is 32.2. The predicted octanol–water partition coefficient (Wildman–Crippen LogP) is 2.79. The van der Waals surface area contributed by atoms with Crippen molar-refractivity contribution in [2.24, 2.45) is 0 Å². The van der Waals surface area contributed by atoms with Gasteiger partial charge in [-0.05, 0) is 24.1 Å². The molecular weight excluding hydrogens is 376 g/mol. The molecule has 1 N–H and O–H groups in total. The van der Waals surface area contributed by atoms with E-state index in [1.165, 1.54) is 11.8 Å². The first-order chi connectivity index (χ1) is 13.8. The summed E-state index contributed by atoms with van der Waals surface area (Å²) in [6.45, 7) is 0.497. The molecule has 0 aliphatic rings. The van der Waals surface area contributed by atoms with Crippen molar-refractivity contribution in [1.29, 1.82) is 0 Å². The van der Waals surface area contributed by atoms with Crippen molar-refractivity contribution in [3.63, 3.8) is 0 Å². The normalized spacial score (nSPS) is 11.0. The standard InChI is InChI=1S/C19H18N6O2S/c26-18-22-23-19(25(18)13-14-5-2-1-3-6-14)28-12-4-7-16-21-17(24-27-16)15-8-10-20-11-9-15/h1-3,5-6,8-11H,4,7,12-13H2,(H,22,26). The van der Waals surface area contributed by atoms with Crippen LogP contribution in [0.4, 0.5) is 0 Å². The molecule has 3 aromatic heterocycles. The van der Waals surface area contributed by atoms with Gasteiger partial charge in [0.2, 0.25) is 11.7 Å². The van der Waals surface area contributed by atoms with Gasteiger partial charge in [-0.3, -0.25) is 9.55 Å². The third-order valence-corrected chi connectivity index (χ3v) is 5.14. The van der Waals surface area contributed by atoms with Crippen molar-refractivity contribution in [3.8, 4) is 11.4 Å². The average molecular weight is 394 g/mol. The number of thioether (sulfide) groups is 1. The van der Waals surface area contributed by atoms with Crippen LogP contribution in [0.5, 0.6) is 0 Å². The Kier molecular flexibility index (Phi) is 5.62. The molecule has 0 amide bonds. The summed E-state index contributed by atoms with van der Waals surface area (Å²) in [5.74, 6) is 1.94. The first-order valence-electron chi connectivity index (χ1n) is 8.84. The number of aromatic nitrogens is 6. The molecule has 0 aliphatic heterocycles. The zero-order chi connectivity index (χ0) is 19.2. The smallest absolute Gasteiger partial charge is 0.339 e. The van der Waals surface area contributed by atoms with Crippen LogP contribution in [0.15, 0.2) is 69.3 Å². The Labute approximate surface area is 165 Å². The molecule has 0 radical (unpaired) electrons. The van der Waals surface area contributed by atoms with Crippen molar-refractivity contribution in [3.05, 3.63) is 76.8 Å². The minimum absolute atomic E-state index is 0.203. The van der Waals surface area contributed by atoms with Gasteiger partial charge >= 0.3 is 5.69 Å². The fourth-order valence-electron chi connectivity index (χ4n) is 2.68. The largest absolute Gasteiger partial charge is 0.344 e. The average Bonchev–Trinajstić information content (AvgIpc) is 3.35. The summed E-state index contributed by atoms with van der Waals surface area (Å²) in [5.41, 5.74) is 1.73. The molecule has 142 valence electrons. The van der Waals surface area contributed by atoms with Crippen molar-refractivity contribution in [2.75, 3.05) is 5.75 Å². The molecule has 0 saturated heterocycles. The molecule has 4 aromatic rings. The van der Waals surface area contributed by atoms with E-state index in [1.54, 1.807) is 17.0 Å². The van der Waals surface area contributed by atoms with E-state index in [2.05, 4.69) is 25.3 Å². The van der Waals surface area contributed by atoms with Gasteiger partial charge in [0.05, 0.1) is 6.54 Å². The fraction of sp³-hybridized carbons (Fsp3) is 0.211. The van der Waals surface area contributed by atoms with Crippen LogP contribution in [0.2, 0.25) is 0 Å². The van der Waals surface area contributed by atoms with Crippen LogP contribution < -0.4 is 5.69 Å². The lowest BCUT2D eigenvalue weighted by Crippen LogP contribution is -2.18. The highest BCUT2D eigenvalue weighted by Crippen LogP contribution is 2.18. The number of rotatable bonds is 8. The third-order valence-electron chi connectivity index (χ3n) is 4.08. The summed E-state index contributed by atoms with van der Waals surface area (Å²) >= 11 is 1.53. The maximum Gasteiger partial charge on any atom is 0.344 e. The molecule has 9 heteroatoms. The van der Waals surface area contributed by atoms with Gasteiger partial charge in [0, 0.05) is 30.1 Å². The number of nitrogens with one attached hydrogen (secondary N) is 1. The van der Waals surface area contributed by atoms with Crippen LogP contribution in [0.3, 0.4) is 0 Å². The van der Waals surface area contributed by atoms with Crippen molar-refractivity contribution < 1.29 is 4.52 Å². The van der Waals surface area contributed by atoms with Crippen molar-refractivity contribution in [1.82, 2.24) is 29.9 Å². The first kappa shape index (κ1) is 18.2. The van der Waals surface area contributed by atoms with E-state index in [-0.39, 0.29) is 5.69 Å². The number of hydrogen-bond donors (Lipinski definition) is 1. The van der Waals surface area contributed by atoms with Gasteiger partial charge in [-0.15, -0.1) is 5.10 Å². The van der Waals surface area contributed by atoms with E-state index in [4.69, 9.17) is 4.52 Å². The Hall–Kier alpha value is -3.20. The topological polar surface area (TPSA) is 102 Å². The summed E-state index contributed by atoms with van der Waals surface area (Å²) in [5, 5.41) is 11.3. The van der Waals surface area contributed by atoms with E-state index in [9.17, 15) is 4.79 Å². The van der Waals surface area contributed by atoms with E-state index >= 15 is 0 Å². The highest BCUT2D eigenvalue weighted by Gasteiger charge is 2.11. The Morgan fingerprint density at radius 1 is 1.11 bits per heavy atom. The molecule has 0 aliphatic carbocycles. The highest BCUT2D eigenvalue weighted by molar-refractivity contribution is 7.99. The molecular formula is C19H18N6O2S. The predicted molar refractivity (Wildman–Crippen MR) is 105 cm³/mol. The zero-order valence-electron chi connectivity index (χ0n) is 15.0. The van der Waals surface area contributed by atoms with Crippen LogP contribution in [0, 0.1) is 0 Å². The minimum atomic E-state index is -0.203. The van der Waals surface area contributed by atoms with Crippen LogP contribution >= 0.6 is 11.8 Å². The Bertz CT molecular complexity index is 1070. The molecule has 8 nitrogen and oxygen atoms in total. The number of H-pyrrole nitrogens is 1. The number of hydrogen-bond acceptors (Lipinski definition) is 7. The number of aryl methyl sites for hydroxylation is 1. The first-order valence-corrected chi connectivity index (χ1v) is 9.83. The second-order valence-electron chi connectivity index (χ2n) is 6.08. The monoisotopic (exact) mass is 394 g/mol. The van der Waals surface area contributed by atoms with Crippen LogP contribution in [0.25, 0.3) is 11.4 Å². The number of nitrogens with zero attached hydrogens (tertiary/aromatic N) is 5. The number of benzene rings is 1. The van der Waals surface area contributed by atoms with Gasteiger partial charge in [0.15, 0.2) is 5.16 Å². The van der Waals surface area contributed by atoms with E-state index < -0.39 is 0 Å². The Balaban J connectivity index is 1.32. The lowest BCUT2D eigenvalue weighted by Gasteiger charge is -2.05. The van der Waals surface area contributed by atoms with E-state index in [0.29, 0.717) is 29.8 Å². The molecule has 0 bridgehead atoms. The van der Waals surface area contributed by atoms with Crippen molar-refractivity contribution >= 4 is 11.8 Å². The van der Waals surface area contributed by atoms with Gasteiger partial charge in [-0.2, -0.15) is 4.98 Å². The molecule has 0 atom stereocenters. The maximum atomic E-state index is 12.0. The quantitative estimate of drug-likeness (QED) is 0.362. The molecule has 3 heterocycles. The van der Waals surface area contributed by atoms with Gasteiger partial charge in [-0.25, -0.2) is 9.89 Å². The number of aromatic amines is 1. The van der Waals surface area contributed by atoms with E-state index in [1.807, 2.05) is 42.5 Å². The molecule has 4 rings (SSSR count). The van der Waals surface area contributed by atoms with Crippen LogP contribution in [-0.2, 0) is 13.0 Å². The summed E-state index contributed by atoms with van der Waals surface area (Å²) < 4.78 is 6.96. The number of pyridine rings is 1. The van der Waals surface area contributed by atoms with E-state index in [0.717, 1.165) is 23.3 Å². The van der Waals surface area contributed by atoms with Gasteiger partial charge in [0.1, 0.15) is 0 Å². The third kappa shape index (κ3) is 4.37.